The summed E-state index contributed by atoms with van der Waals surface area (Å²) in [5, 5.41) is 9.27. The van der Waals surface area contributed by atoms with Gasteiger partial charge in [0, 0.05) is 24.6 Å². The van der Waals surface area contributed by atoms with Crippen molar-refractivity contribution in [3.8, 4) is 5.75 Å². The molecule has 1 N–H and O–H groups in total. The monoisotopic (exact) mass is 305 g/mol. The van der Waals surface area contributed by atoms with Gasteiger partial charge in [0.25, 0.3) is 0 Å². The summed E-state index contributed by atoms with van der Waals surface area (Å²) in [5.74, 6) is 0.142. The van der Waals surface area contributed by atoms with Gasteiger partial charge in [0.2, 0.25) is 0 Å². The summed E-state index contributed by atoms with van der Waals surface area (Å²) < 4.78 is 5.34. The van der Waals surface area contributed by atoms with Crippen LogP contribution in [0.1, 0.15) is 44.0 Å². The summed E-state index contributed by atoms with van der Waals surface area (Å²) in [5.41, 5.74) is 0.101. The summed E-state index contributed by atoms with van der Waals surface area (Å²) >= 11 is 0. The van der Waals surface area contributed by atoms with Crippen LogP contribution in [0.25, 0.3) is 0 Å². The fourth-order valence-electron chi connectivity index (χ4n) is 2.51. The Balaban J connectivity index is 1.90. The van der Waals surface area contributed by atoms with Crippen molar-refractivity contribution in [2.24, 2.45) is 5.92 Å². The average Bonchev–Trinajstić information content (AvgIpc) is 2.46. The molecule has 0 spiro atoms. The highest BCUT2D eigenvalue weighted by atomic mass is 16.6. The average molecular weight is 305 g/mol. The molecular formula is C17H23NO4. The molecule has 1 heterocycles. The molecule has 1 amide bonds. The van der Waals surface area contributed by atoms with Crippen LogP contribution in [0.15, 0.2) is 24.3 Å². The number of phenols is 1. The molecule has 1 aliphatic heterocycles. The fraction of sp³-hybridized carbons (Fsp3) is 0.529. The van der Waals surface area contributed by atoms with Crippen molar-refractivity contribution < 1.29 is 19.4 Å². The molecule has 0 unspecified atom stereocenters. The van der Waals surface area contributed by atoms with Crippen LogP contribution in [0.5, 0.6) is 5.75 Å². The smallest absolute Gasteiger partial charge is 0.410 e. The van der Waals surface area contributed by atoms with Crippen LogP contribution in [0, 0.1) is 5.92 Å². The second-order valence-corrected chi connectivity index (χ2v) is 6.65. The minimum absolute atomic E-state index is 0.0730. The number of nitrogens with zero attached hydrogens (tertiary/aromatic N) is 1. The second kappa shape index (κ2) is 6.38. The number of ketones is 1. The standard InChI is InChI=1S/C17H23NO4/c1-17(2,3)22-16(21)18-10-8-13(9-11-18)15(20)12-4-6-14(19)7-5-12/h4-7,13,19H,8-11H2,1-3H3. The number of rotatable bonds is 2. The molecule has 0 bridgehead atoms. The molecular weight excluding hydrogens is 282 g/mol. The van der Waals surface area contributed by atoms with Crippen molar-refractivity contribution in [2.45, 2.75) is 39.2 Å². The largest absolute Gasteiger partial charge is 0.508 e. The highest BCUT2D eigenvalue weighted by Gasteiger charge is 2.30. The van der Waals surface area contributed by atoms with Gasteiger partial charge in [0.1, 0.15) is 11.4 Å². The third kappa shape index (κ3) is 4.23. The van der Waals surface area contributed by atoms with Gasteiger partial charge < -0.3 is 14.7 Å². The van der Waals surface area contributed by atoms with Crippen molar-refractivity contribution in [1.29, 1.82) is 0 Å². The molecule has 0 atom stereocenters. The summed E-state index contributed by atoms with van der Waals surface area (Å²) in [6.45, 7) is 6.58. The van der Waals surface area contributed by atoms with E-state index >= 15 is 0 Å². The van der Waals surface area contributed by atoms with Crippen LogP contribution in [-0.4, -0.2) is 40.6 Å². The zero-order valence-corrected chi connectivity index (χ0v) is 13.3. The van der Waals surface area contributed by atoms with Gasteiger partial charge in [-0.1, -0.05) is 0 Å². The lowest BCUT2D eigenvalue weighted by Gasteiger charge is -2.32. The van der Waals surface area contributed by atoms with Crippen LogP contribution in [0.2, 0.25) is 0 Å². The van der Waals surface area contributed by atoms with Crippen LogP contribution >= 0.6 is 0 Å². The molecule has 0 aliphatic carbocycles. The van der Waals surface area contributed by atoms with E-state index in [1.165, 1.54) is 12.1 Å². The van der Waals surface area contributed by atoms with E-state index in [1.807, 2.05) is 20.8 Å². The Morgan fingerprint density at radius 2 is 1.68 bits per heavy atom. The number of phenolic OH excluding ortho intramolecular Hbond substituents is 1. The van der Waals surface area contributed by atoms with Crippen molar-refractivity contribution in [3.63, 3.8) is 0 Å². The molecule has 1 aromatic rings. The summed E-state index contributed by atoms with van der Waals surface area (Å²) in [7, 11) is 0. The molecule has 1 saturated heterocycles. The number of benzene rings is 1. The van der Waals surface area contributed by atoms with Crippen molar-refractivity contribution in [2.75, 3.05) is 13.1 Å². The number of carbonyl (C=O) groups is 2. The van der Waals surface area contributed by atoms with Crippen LogP contribution < -0.4 is 0 Å². The Hall–Kier alpha value is -2.04. The SMILES string of the molecule is CC(C)(C)OC(=O)N1CCC(C(=O)c2ccc(O)cc2)CC1. The van der Waals surface area contributed by atoms with E-state index in [4.69, 9.17) is 4.74 Å². The first-order chi connectivity index (χ1) is 10.3. The Morgan fingerprint density at radius 1 is 1.14 bits per heavy atom. The maximum atomic E-state index is 12.4. The third-order valence-corrected chi connectivity index (χ3v) is 3.67. The first-order valence-corrected chi connectivity index (χ1v) is 7.57. The number of hydrogen-bond donors (Lipinski definition) is 1. The highest BCUT2D eigenvalue weighted by molar-refractivity contribution is 5.98. The van der Waals surface area contributed by atoms with Gasteiger partial charge in [-0.2, -0.15) is 0 Å². The molecule has 1 aliphatic rings. The lowest BCUT2D eigenvalue weighted by molar-refractivity contribution is 0.0182. The number of Topliss-reactive ketones (excluding diaryl/α,β-unsaturated/α-hetero) is 1. The number of amides is 1. The van der Waals surface area contributed by atoms with E-state index in [0.717, 1.165) is 0 Å². The molecule has 5 nitrogen and oxygen atoms in total. The summed E-state index contributed by atoms with van der Waals surface area (Å²) in [6, 6.07) is 6.31. The lowest BCUT2D eigenvalue weighted by atomic mass is 9.89. The van der Waals surface area contributed by atoms with E-state index in [-0.39, 0.29) is 23.5 Å². The van der Waals surface area contributed by atoms with Crippen LogP contribution in [-0.2, 0) is 4.74 Å². The van der Waals surface area contributed by atoms with E-state index in [1.54, 1.807) is 17.0 Å². The fourth-order valence-corrected chi connectivity index (χ4v) is 2.51. The molecule has 2 rings (SSSR count). The predicted octanol–water partition coefficient (Wildman–Crippen LogP) is 3.22. The molecule has 0 saturated carbocycles. The molecule has 22 heavy (non-hydrogen) atoms. The Bertz CT molecular complexity index is 537. The predicted molar refractivity (Wildman–Crippen MR) is 83.0 cm³/mol. The quantitative estimate of drug-likeness (QED) is 0.852. The Labute approximate surface area is 130 Å². The first-order valence-electron chi connectivity index (χ1n) is 7.57. The molecule has 0 aromatic heterocycles. The normalized spacial score (nSPS) is 16.4. The van der Waals surface area contributed by atoms with Gasteiger partial charge in [-0.15, -0.1) is 0 Å². The minimum Gasteiger partial charge on any atom is -0.508 e. The van der Waals surface area contributed by atoms with Crippen molar-refractivity contribution >= 4 is 11.9 Å². The number of aromatic hydroxyl groups is 1. The van der Waals surface area contributed by atoms with Crippen LogP contribution in [0.4, 0.5) is 4.79 Å². The van der Waals surface area contributed by atoms with Crippen molar-refractivity contribution in [1.82, 2.24) is 4.90 Å². The zero-order valence-electron chi connectivity index (χ0n) is 13.3. The number of hydrogen-bond acceptors (Lipinski definition) is 4. The number of likely N-dealkylation sites (tertiary alicyclic amines) is 1. The van der Waals surface area contributed by atoms with Gasteiger partial charge in [-0.25, -0.2) is 4.79 Å². The molecule has 0 radical (unpaired) electrons. The van der Waals surface area contributed by atoms with E-state index < -0.39 is 5.60 Å². The Kier molecular flexibility index (Phi) is 4.74. The molecule has 5 heteroatoms. The Morgan fingerprint density at radius 3 is 2.18 bits per heavy atom. The van der Waals surface area contributed by atoms with E-state index in [0.29, 0.717) is 31.5 Å². The topological polar surface area (TPSA) is 66.8 Å². The zero-order chi connectivity index (χ0) is 16.3. The van der Waals surface area contributed by atoms with Gasteiger partial charge in [0.15, 0.2) is 5.78 Å². The third-order valence-electron chi connectivity index (χ3n) is 3.67. The maximum Gasteiger partial charge on any atom is 0.410 e. The van der Waals surface area contributed by atoms with Crippen molar-refractivity contribution in [3.05, 3.63) is 29.8 Å². The van der Waals surface area contributed by atoms with E-state index in [2.05, 4.69) is 0 Å². The van der Waals surface area contributed by atoms with Gasteiger partial charge in [-0.3, -0.25) is 4.79 Å². The first kappa shape index (κ1) is 16.3. The molecule has 120 valence electrons. The highest BCUT2D eigenvalue weighted by Crippen LogP contribution is 2.24. The number of ether oxygens (including phenoxy) is 1. The second-order valence-electron chi connectivity index (χ2n) is 6.65. The van der Waals surface area contributed by atoms with E-state index in [9.17, 15) is 14.7 Å². The number of carbonyl (C=O) groups excluding carboxylic acids is 2. The minimum atomic E-state index is -0.504. The maximum absolute atomic E-state index is 12.4. The van der Waals surface area contributed by atoms with Crippen LogP contribution in [0.3, 0.4) is 0 Å². The molecule has 1 fully saturated rings. The molecule has 1 aromatic carbocycles. The summed E-state index contributed by atoms with van der Waals surface area (Å²) in [4.78, 5) is 26.0. The number of piperidine rings is 1. The van der Waals surface area contributed by atoms with Gasteiger partial charge in [0.05, 0.1) is 0 Å². The van der Waals surface area contributed by atoms with Gasteiger partial charge in [-0.05, 0) is 57.9 Å². The lowest BCUT2D eigenvalue weighted by Crippen LogP contribution is -2.43. The van der Waals surface area contributed by atoms with Gasteiger partial charge >= 0.3 is 6.09 Å². The summed E-state index contributed by atoms with van der Waals surface area (Å²) in [6.07, 6.45) is 0.959.